The summed E-state index contributed by atoms with van der Waals surface area (Å²) in [6.07, 6.45) is 1.64. The second-order valence-electron chi connectivity index (χ2n) is 8.65. The molecule has 0 radical (unpaired) electrons. The van der Waals surface area contributed by atoms with Crippen LogP contribution in [0.5, 0.6) is 5.75 Å². The van der Waals surface area contributed by atoms with Crippen LogP contribution in [0.3, 0.4) is 0 Å². The first-order valence-electron chi connectivity index (χ1n) is 10.9. The number of rotatable bonds is 7. The van der Waals surface area contributed by atoms with Crippen LogP contribution in [0.2, 0.25) is 0 Å². The number of nitrogens with one attached hydrogen (secondary N) is 2. The third-order valence-corrected chi connectivity index (χ3v) is 6.73. The molecule has 0 bridgehead atoms. The molecule has 0 amide bonds. The molecule has 1 heterocycles. The highest BCUT2D eigenvalue weighted by molar-refractivity contribution is 5.33. The lowest BCUT2D eigenvalue weighted by Crippen LogP contribution is -2.56. The fourth-order valence-corrected chi connectivity index (χ4v) is 5.06. The van der Waals surface area contributed by atoms with Crippen LogP contribution in [0.1, 0.15) is 56.4 Å². The van der Waals surface area contributed by atoms with Crippen molar-refractivity contribution in [3.05, 3.63) is 29.8 Å². The number of nitrogens with zero attached hydrogens (tertiary/aromatic N) is 1. The molecule has 2 fully saturated rings. The largest absolute Gasteiger partial charge is 0.573 e. The Morgan fingerprint density at radius 3 is 2.57 bits per heavy atom. The molecule has 8 heteroatoms. The van der Waals surface area contributed by atoms with Crippen molar-refractivity contribution in [3.8, 4) is 5.75 Å². The summed E-state index contributed by atoms with van der Waals surface area (Å²) in [6, 6.07) is 6.58. The second kappa shape index (κ2) is 9.85. The van der Waals surface area contributed by atoms with Crippen LogP contribution >= 0.6 is 0 Å². The molecule has 0 spiro atoms. The molecule has 1 aliphatic heterocycles. The highest BCUT2D eigenvalue weighted by atomic mass is 19.4. The fraction of sp³-hybridized carbons (Fsp3) is 0.727. The molecule has 3 atom stereocenters. The Balaban J connectivity index is 1.87. The molecule has 1 aromatic carbocycles. The maximum atomic E-state index is 12.8. The molecule has 2 aliphatic rings. The van der Waals surface area contributed by atoms with Gasteiger partial charge in [-0.15, -0.1) is 13.2 Å². The molecular weight excluding hydrogens is 395 g/mol. The monoisotopic (exact) mass is 429 g/mol. The van der Waals surface area contributed by atoms with Crippen LogP contribution in [-0.4, -0.2) is 61.4 Å². The van der Waals surface area contributed by atoms with Gasteiger partial charge in [-0.1, -0.05) is 31.4 Å². The number of likely N-dealkylation sites (tertiary alicyclic amines) is 1. The number of ether oxygens (including phenoxy) is 1. The first kappa shape index (κ1) is 23.3. The average molecular weight is 430 g/mol. The third kappa shape index (κ3) is 5.87. The van der Waals surface area contributed by atoms with Crippen LogP contribution in [0, 0.1) is 0 Å². The van der Waals surface area contributed by atoms with E-state index < -0.39 is 12.0 Å². The molecule has 3 N–H and O–H groups in total. The van der Waals surface area contributed by atoms with Gasteiger partial charge in [0.15, 0.2) is 0 Å². The molecule has 3 rings (SSSR count). The molecule has 170 valence electrons. The second-order valence-corrected chi connectivity index (χ2v) is 8.65. The first-order valence-corrected chi connectivity index (χ1v) is 10.9. The van der Waals surface area contributed by atoms with Gasteiger partial charge < -0.3 is 20.5 Å². The van der Waals surface area contributed by atoms with E-state index in [0.29, 0.717) is 31.0 Å². The van der Waals surface area contributed by atoms with Gasteiger partial charge in [0.05, 0.1) is 11.8 Å². The van der Waals surface area contributed by atoms with E-state index in [1.54, 1.807) is 6.07 Å². The SMILES string of the molecule is CNC1CCN(C[C@H](c2cccc(OC(F)(F)F)c2)C2(O)CCCCC2)C(NC)C1. The Bertz CT molecular complexity index is 680. The Hall–Kier alpha value is -1.35. The predicted octanol–water partition coefficient (Wildman–Crippen LogP) is 3.59. The highest BCUT2D eigenvalue weighted by Gasteiger charge is 2.41. The summed E-state index contributed by atoms with van der Waals surface area (Å²) in [5.41, 5.74) is -0.223. The van der Waals surface area contributed by atoms with Crippen molar-refractivity contribution in [1.29, 1.82) is 0 Å². The lowest BCUT2D eigenvalue weighted by molar-refractivity contribution is -0.274. The van der Waals surface area contributed by atoms with Gasteiger partial charge in [-0.05, 0) is 57.5 Å². The van der Waals surface area contributed by atoms with Crippen molar-refractivity contribution in [2.24, 2.45) is 0 Å². The molecule has 1 aromatic rings. The lowest BCUT2D eigenvalue weighted by atomic mass is 9.72. The smallest absolute Gasteiger partial charge is 0.406 e. The van der Waals surface area contributed by atoms with Gasteiger partial charge in [-0.25, -0.2) is 0 Å². The maximum absolute atomic E-state index is 12.8. The molecular formula is C22H34F3N3O2. The summed E-state index contributed by atoms with van der Waals surface area (Å²) < 4.78 is 42.4. The molecule has 1 aliphatic carbocycles. The Kier molecular flexibility index (Phi) is 7.66. The topological polar surface area (TPSA) is 56.8 Å². The number of hydrogen-bond donors (Lipinski definition) is 3. The van der Waals surface area contributed by atoms with Gasteiger partial charge in [0.25, 0.3) is 0 Å². The lowest BCUT2D eigenvalue weighted by Gasteiger charge is -2.46. The van der Waals surface area contributed by atoms with Gasteiger partial charge in [-0.3, -0.25) is 4.90 Å². The molecule has 1 saturated carbocycles. The van der Waals surface area contributed by atoms with Gasteiger partial charge in [0.1, 0.15) is 5.75 Å². The van der Waals surface area contributed by atoms with Gasteiger partial charge in [0.2, 0.25) is 0 Å². The zero-order valence-electron chi connectivity index (χ0n) is 17.8. The summed E-state index contributed by atoms with van der Waals surface area (Å²) in [6.45, 7) is 1.45. The summed E-state index contributed by atoms with van der Waals surface area (Å²) in [5, 5.41) is 18.3. The summed E-state index contributed by atoms with van der Waals surface area (Å²) >= 11 is 0. The minimum atomic E-state index is -4.73. The van der Waals surface area contributed by atoms with E-state index in [1.807, 2.05) is 20.2 Å². The molecule has 0 aromatic heterocycles. The number of piperidine rings is 1. The van der Waals surface area contributed by atoms with E-state index in [0.717, 1.165) is 38.6 Å². The standard InChI is InChI=1S/C22H34F3N3O2/c1-26-17-9-12-28(20(14-17)27-2)15-19(21(29)10-4-3-5-11-21)16-7-6-8-18(13-16)30-22(23,24)25/h6-8,13,17,19-20,26-27,29H,3-5,9-12,14-15H2,1-2H3/t17?,19-,20?/m1/s1. The van der Waals surface area contributed by atoms with Gasteiger partial charge in [-0.2, -0.15) is 0 Å². The number of halogens is 3. The molecule has 30 heavy (non-hydrogen) atoms. The van der Waals surface area contributed by atoms with Crippen molar-refractivity contribution in [1.82, 2.24) is 15.5 Å². The number of aliphatic hydroxyl groups is 1. The van der Waals surface area contributed by atoms with E-state index >= 15 is 0 Å². The molecule has 1 saturated heterocycles. The quantitative estimate of drug-likeness (QED) is 0.619. The number of alkyl halides is 3. The van der Waals surface area contributed by atoms with E-state index in [9.17, 15) is 18.3 Å². The number of benzene rings is 1. The summed E-state index contributed by atoms with van der Waals surface area (Å²) in [7, 11) is 3.89. The number of hydrogen-bond acceptors (Lipinski definition) is 5. The summed E-state index contributed by atoms with van der Waals surface area (Å²) in [4.78, 5) is 2.32. The fourth-order valence-electron chi connectivity index (χ4n) is 5.06. The van der Waals surface area contributed by atoms with Crippen molar-refractivity contribution >= 4 is 0 Å². The van der Waals surface area contributed by atoms with Crippen molar-refractivity contribution in [3.63, 3.8) is 0 Å². The van der Waals surface area contributed by atoms with Crippen molar-refractivity contribution < 1.29 is 23.0 Å². The van der Waals surface area contributed by atoms with Gasteiger partial charge in [0, 0.05) is 25.0 Å². The van der Waals surface area contributed by atoms with Crippen LogP contribution in [0.4, 0.5) is 13.2 Å². The van der Waals surface area contributed by atoms with Crippen molar-refractivity contribution in [2.45, 2.75) is 75.0 Å². The zero-order valence-corrected chi connectivity index (χ0v) is 17.8. The maximum Gasteiger partial charge on any atom is 0.573 e. The van der Waals surface area contributed by atoms with E-state index in [1.165, 1.54) is 12.1 Å². The average Bonchev–Trinajstić information content (AvgIpc) is 2.71. The van der Waals surface area contributed by atoms with E-state index in [-0.39, 0.29) is 17.8 Å². The molecule has 2 unspecified atom stereocenters. The predicted molar refractivity (Wildman–Crippen MR) is 110 cm³/mol. The van der Waals surface area contributed by atoms with Crippen molar-refractivity contribution in [2.75, 3.05) is 27.2 Å². The third-order valence-electron chi connectivity index (χ3n) is 6.73. The zero-order chi connectivity index (χ0) is 21.8. The van der Waals surface area contributed by atoms with E-state index in [2.05, 4.69) is 20.3 Å². The summed E-state index contributed by atoms with van der Waals surface area (Å²) in [5.74, 6) is -0.514. The van der Waals surface area contributed by atoms with Crippen LogP contribution in [0.15, 0.2) is 24.3 Å². The highest BCUT2D eigenvalue weighted by Crippen LogP contribution is 2.42. The van der Waals surface area contributed by atoms with Crippen LogP contribution < -0.4 is 15.4 Å². The first-order chi connectivity index (χ1) is 14.2. The van der Waals surface area contributed by atoms with Gasteiger partial charge >= 0.3 is 6.36 Å². The minimum absolute atomic E-state index is 0.153. The Morgan fingerprint density at radius 1 is 1.20 bits per heavy atom. The van der Waals surface area contributed by atoms with Crippen LogP contribution in [-0.2, 0) is 0 Å². The minimum Gasteiger partial charge on any atom is -0.406 e. The Morgan fingerprint density at radius 2 is 1.93 bits per heavy atom. The van der Waals surface area contributed by atoms with E-state index in [4.69, 9.17) is 0 Å². The Labute approximate surface area is 177 Å². The normalized spacial score (nSPS) is 26.3. The molecule has 5 nitrogen and oxygen atoms in total. The van der Waals surface area contributed by atoms with Crippen LogP contribution in [0.25, 0.3) is 0 Å².